The van der Waals surface area contributed by atoms with E-state index in [1.54, 1.807) is 0 Å². The number of hydrogen-bond acceptors (Lipinski definition) is 1. The second kappa shape index (κ2) is 3.66. The quantitative estimate of drug-likeness (QED) is 0.490. The molecular formula is C8H18B2O. The maximum absolute atomic E-state index is 5.46. The number of rotatable bonds is 1. The molecule has 0 aromatic heterocycles. The van der Waals surface area contributed by atoms with Crippen LogP contribution in [0, 0.1) is 5.92 Å². The van der Waals surface area contributed by atoms with E-state index in [1.807, 2.05) is 7.11 Å². The van der Waals surface area contributed by atoms with Gasteiger partial charge < -0.3 is 4.74 Å². The summed E-state index contributed by atoms with van der Waals surface area (Å²) in [6.07, 6.45) is 3.18. The number of ether oxygens (including phenoxy) is 1. The molecule has 0 saturated heterocycles. The zero-order valence-electron chi connectivity index (χ0n) is 8.13. The Bertz CT molecular complexity index is 117. The summed E-state index contributed by atoms with van der Waals surface area (Å²) in [6.45, 7) is 2.31. The van der Waals surface area contributed by atoms with Crippen molar-refractivity contribution < 1.29 is 4.74 Å². The smallest absolute Gasteiger partial charge is 0.108 e. The van der Waals surface area contributed by atoms with Gasteiger partial charge >= 0.3 is 0 Å². The zero-order chi connectivity index (χ0) is 8.43. The average molecular weight is 152 g/mol. The first kappa shape index (κ1) is 9.18. The van der Waals surface area contributed by atoms with Crippen molar-refractivity contribution in [1.29, 1.82) is 0 Å². The first-order chi connectivity index (χ1) is 5.15. The fourth-order valence-corrected chi connectivity index (χ4v) is 2.66. The van der Waals surface area contributed by atoms with Crippen molar-refractivity contribution in [2.45, 2.75) is 37.5 Å². The van der Waals surface area contributed by atoms with E-state index in [0.717, 1.165) is 17.6 Å². The van der Waals surface area contributed by atoms with Crippen LogP contribution in [0.1, 0.15) is 19.8 Å². The molecule has 1 nitrogen and oxygen atoms in total. The zero-order valence-corrected chi connectivity index (χ0v) is 8.13. The van der Waals surface area contributed by atoms with Gasteiger partial charge in [-0.3, -0.25) is 0 Å². The molecule has 4 unspecified atom stereocenters. The minimum absolute atomic E-state index is 0.506. The van der Waals surface area contributed by atoms with Crippen LogP contribution < -0.4 is 0 Å². The maximum atomic E-state index is 5.46. The molecule has 0 aromatic rings. The van der Waals surface area contributed by atoms with Gasteiger partial charge in [0.25, 0.3) is 0 Å². The fraction of sp³-hybridized carbons (Fsp3) is 1.00. The van der Waals surface area contributed by atoms with Crippen LogP contribution in [0.2, 0.25) is 11.6 Å². The summed E-state index contributed by atoms with van der Waals surface area (Å²) in [5.41, 5.74) is 0. The van der Waals surface area contributed by atoms with E-state index < -0.39 is 0 Å². The van der Waals surface area contributed by atoms with E-state index in [2.05, 4.69) is 22.6 Å². The number of hydrogen-bond donors (Lipinski definition) is 0. The predicted octanol–water partition coefficient (Wildman–Crippen LogP) is 0.274. The molecule has 0 radical (unpaired) electrons. The predicted molar refractivity (Wildman–Crippen MR) is 53.8 cm³/mol. The normalized spacial score (nSPS) is 45.6. The van der Waals surface area contributed by atoms with E-state index in [1.165, 1.54) is 12.8 Å². The number of methoxy groups -OCH3 is 1. The summed E-state index contributed by atoms with van der Waals surface area (Å²) in [7, 11) is 6.49. The lowest BCUT2D eigenvalue weighted by Gasteiger charge is -2.37. The van der Waals surface area contributed by atoms with Crippen LogP contribution in [-0.4, -0.2) is 28.9 Å². The van der Waals surface area contributed by atoms with Crippen LogP contribution in [0.4, 0.5) is 0 Å². The molecule has 0 heterocycles. The highest BCUT2D eigenvalue weighted by molar-refractivity contribution is 6.15. The summed E-state index contributed by atoms with van der Waals surface area (Å²) in [5, 5.41) is 0. The third-order valence-corrected chi connectivity index (χ3v) is 2.94. The van der Waals surface area contributed by atoms with Crippen molar-refractivity contribution >= 4 is 15.7 Å². The fourth-order valence-electron chi connectivity index (χ4n) is 2.66. The Morgan fingerprint density at radius 2 is 1.91 bits per heavy atom. The van der Waals surface area contributed by atoms with Crippen LogP contribution in [0.15, 0.2) is 0 Å². The molecule has 0 aromatic carbocycles. The van der Waals surface area contributed by atoms with Crippen molar-refractivity contribution in [3.8, 4) is 0 Å². The van der Waals surface area contributed by atoms with Crippen LogP contribution in [0.5, 0.6) is 0 Å². The van der Waals surface area contributed by atoms with Gasteiger partial charge in [-0.15, -0.1) is 0 Å². The van der Waals surface area contributed by atoms with Gasteiger partial charge in [0.2, 0.25) is 0 Å². The Labute approximate surface area is 71.7 Å². The van der Waals surface area contributed by atoms with Crippen LogP contribution in [0.25, 0.3) is 0 Å². The van der Waals surface area contributed by atoms with Crippen LogP contribution in [-0.2, 0) is 4.74 Å². The van der Waals surface area contributed by atoms with Crippen LogP contribution >= 0.6 is 0 Å². The molecule has 1 rings (SSSR count). The molecule has 1 aliphatic carbocycles. The standard InChI is InChI=1S/C8H18B2O/c1-5-3-6(9)4-7(10)8(5)11-2/h5-8H,3-4,9-10H2,1-2H3. The van der Waals surface area contributed by atoms with Crippen molar-refractivity contribution in [3.05, 3.63) is 0 Å². The van der Waals surface area contributed by atoms with Gasteiger partial charge in [0.05, 0.1) is 6.10 Å². The third kappa shape index (κ3) is 2.02. The molecule has 0 N–H and O–H groups in total. The van der Waals surface area contributed by atoms with Gasteiger partial charge in [-0.05, 0) is 11.7 Å². The second-order valence-electron chi connectivity index (χ2n) is 4.23. The second-order valence-corrected chi connectivity index (χ2v) is 4.23. The minimum Gasteiger partial charge on any atom is -0.382 e. The van der Waals surface area contributed by atoms with E-state index in [-0.39, 0.29) is 0 Å². The van der Waals surface area contributed by atoms with Crippen LogP contribution in [0.3, 0.4) is 0 Å². The van der Waals surface area contributed by atoms with Gasteiger partial charge in [-0.1, -0.05) is 25.6 Å². The minimum atomic E-state index is 0.506. The summed E-state index contributed by atoms with van der Waals surface area (Å²) in [4.78, 5) is 0. The van der Waals surface area contributed by atoms with Gasteiger partial charge in [-0.25, -0.2) is 0 Å². The molecule has 0 bridgehead atoms. The summed E-state index contributed by atoms with van der Waals surface area (Å²) in [5.74, 6) is 2.39. The SMILES string of the molecule is BC1CC(B)C(OC)C(C)C1. The first-order valence-corrected chi connectivity index (χ1v) is 4.68. The lowest BCUT2D eigenvalue weighted by atomic mass is 9.60. The molecule has 62 valence electrons. The largest absolute Gasteiger partial charge is 0.382 e. The summed E-state index contributed by atoms with van der Waals surface area (Å²) < 4.78 is 5.46. The van der Waals surface area contributed by atoms with Gasteiger partial charge in [0.15, 0.2) is 0 Å². The average Bonchev–Trinajstić information content (AvgIpc) is 1.85. The van der Waals surface area contributed by atoms with E-state index >= 15 is 0 Å². The Balaban J connectivity index is 2.52. The molecule has 1 fully saturated rings. The molecule has 0 spiro atoms. The highest BCUT2D eigenvalue weighted by Crippen LogP contribution is 2.38. The molecule has 0 aliphatic heterocycles. The van der Waals surface area contributed by atoms with E-state index in [4.69, 9.17) is 4.74 Å². The maximum Gasteiger partial charge on any atom is 0.108 e. The van der Waals surface area contributed by atoms with E-state index in [9.17, 15) is 0 Å². The molecule has 4 atom stereocenters. The van der Waals surface area contributed by atoms with Gasteiger partial charge in [0.1, 0.15) is 15.7 Å². The van der Waals surface area contributed by atoms with Crippen molar-refractivity contribution in [2.75, 3.05) is 7.11 Å². The Kier molecular flexibility index (Phi) is 3.06. The van der Waals surface area contributed by atoms with Gasteiger partial charge in [-0.2, -0.15) is 0 Å². The molecule has 1 saturated carbocycles. The third-order valence-electron chi connectivity index (χ3n) is 2.94. The summed E-state index contributed by atoms with van der Waals surface area (Å²) in [6, 6.07) is 0. The highest BCUT2D eigenvalue weighted by Gasteiger charge is 2.30. The lowest BCUT2D eigenvalue weighted by Crippen LogP contribution is -2.32. The Morgan fingerprint density at radius 1 is 1.27 bits per heavy atom. The van der Waals surface area contributed by atoms with Crippen molar-refractivity contribution in [1.82, 2.24) is 0 Å². The van der Waals surface area contributed by atoms with E-state index in [0.29, 0.717) is 6.10 Å². The molecule has 0 amide bonds. The van der Waals surface area contributed by atoms with Crippen molar-refractivity contribution in [2.24, 2.45) is 5.92 Å². The Hall–Kier alpha value is 0.0899. The van der Waals surface area contributed by atoms with Gasteiger partial charge in [0, 0.05) is 7.11 Å². The summed E-state index contributed by atoms with van der Waals surface area (Å²) >= 11 is 0. The topological polar surface area (TPSA) is 9.23 Å². The molecule has 3 heteroatoms. The monoisotopic (exact) mass is 152 g/mol. The Morgan fingerprint density at radius 3 is 2.36 bits per heavy atom. The highest BCUT2D eigenvalue weighted by atomic mass is 16.5. The first-order valence-electron chi connectivity index (χ1n) is 4.68. The van der Waals surface area contributed by atoms with Crippen molar-refractivity contribution in [3.63, 3.8) is 0 Å². The molecular weight excluding hydrogens is 134 g/mol. The molecule has 1 aliphatic rings. The molecule has 11 heavy (non-hydrogen) atoms. The lowest BCUT2D eigenvalue weighted by molar-refractivity contribution is 0.0322.